The van der Waals surface area contributed by atoms with Gasteiger partial charge in [-0.05, 0) is 83.9 Å². The van der Waals surface area contributed by atoms with Gasteiger partial charge in [-0.1, -0.05) is 115 Å². The molecule has 4 heteroatoms. The fourth-order valence-electron chi connectivity index (χ4n) is 6.79. The molecule has 9 rings (SSSR count). The van der Waals surface area contributed by atoms with Crippen molar-refractivity contribution in [3.05, 3.63) is 157 Å². The summed E-state index contributed by atoms with van der Waals surface area (Å²) >= 11 is 3.34. The van der Waals surface area contributed by atoms with Gasteiger partial charge >= 0.3 is 0 Å². The molecule has 2 nitrogen and oxygen atoms in total. The summed E-state index contributed by atoms with van der Waals surface area (Å²) < 4.78 is 0. The van der Waals surface area contributed by atoms with E-state index in [2.05, 4.69) is 143 Å². The summed E-state index contributed by atoms with van der Waals surface area (Å²) in [5, 5.41) is 13.6. The Morgan fingerprint density at radius 1 is 0.370 bits per heavy atom. The van der Waals surface area contributed by atoms with E-state index in [0.717, 1.165) is 21.1 Å². The first-order chi connectivity index (χ1) is 22.8. The molecule has 0 bridgehead atoms. The third-order valence-electron chi connectivity index (χ3n) is 8.79. The summed E-state index contributed by atoms with van der Waals surface area (Å²) in [5.41, 5.74) is 9.58. The summed E-state index contributed by atoms with van der Waals surface area (Å²) in [6, 6.07) is 48.8. The monoisotopic (exact) mass is 622 g/mol. The largest absolute Gasteiger partial charge is 0.245 e. The van der Waals surface area contributed by atoms with E-state index in [1.54, 1.807) is 22.7 Å². The van der Waals surface area contributed by atoms with E-state index in [-0.39, 0.29) is 0 Å². The van der Waals surface area contributed by atoms with Crippen molar-refractivity contribution in [2.45, 2.75) is 0 Å². The molecule has 0 fully saturated rings. The Labute approximate surface area is 274 Å². The number of thiazole rings is 2. The van der Waals surface area contributed by atoms with Crippen LogP contribution < -0.4 is 0 Å². The predicted molar refractivity (Wildman–Crippen MR) is 197 cm³/mol. The van der Waals surface area contributed by atoms with Gasteiger partial charge in [0.15, 0.2) is 0 Å². The minimum atomic E-state index is 1.03. The van der Waals surface area contributed by atoms with Gasteiger partial charge in [-0.25, -0.2) is 9.97 Å². The minimum Gasteiger partial charge on any atom is -0.245 e. The number of nitrogens with zero attached hydrogens (tertiary/aromatic N) is 2. The van der Waals surface area contributed by atoms with Crippen molar-refractivity contribution in [1.29, 1.82) is 0 Å². The van der Waals surface area contributed by atoms with Crippen LogP contribution in [0.3, 0.4) is 0 Å². The van der Waals surface area contributed by atoms with Crippen molar-refractivity contribution >= 4 is 55.0 Å². The van der Waals surface area contributed by atoms with E-state index in [0.29, 0.717) is 0 Å². The molecule has 0 aliphatic heterocycles. The van der Waals surface area contributed by atoms with Crippen LogP contribution in [0.1, 0.15) is 0 Å². The first-order valence-corrected chi connectivity index (χ1v) is 17.0. The lowest BCUT2D eigenvalue weighted by molar-refractivity contribution is 1.41. The predicted octanol–water partition coefficient (Wildman–Crippen LogP) is 12.4. The zero-order chi connectivity index (χ0) is 30.5. The van der Waals surface area contributed by atoms with Gasteiger partial charge in [0.1, 0.15) is 10.0 Å². The molecular formula is C42H26N2S2. The number of fused-ring (bicyclic) bond motifs is 3. The third-order valence-corrected chi connectivity index (χ3v) is 10.4. The summed E-state index contributed by atoms with van der Waals surface area (Å²) in [7, 11) is 0. The molecule has 2 aromatic heterocycles. The normalized spacial score (nSPS) is 11.5. The van der Waals surface area contributed by atoms with Crippen LogP contribution in [-0.4, -0.2) is 9.97 Å². The highest BCUT2D eigenvalue weighted by atomic mass is 32.1. The van der Waals surface area contributed by atoms with Crippen LogP contribution in [0.2, 0.25) is 0 Å². The molecule has 0 N–H and O–H groups in total. The van der Waals surface area contributed by atoms with Crippen molar-refractivity contribution in [1.82, 2.24) is 9.97 Å². The maximum Gasteiger partial charge on any atom is 0.123 e. The average Bonchev–Trinajstić information content (AvgIpc) is 3.86. The summed E-state index contributed by atoms with van der Waals surface area (Å²) in [4.78, 5) is 9.24. The number of benzene rings is 7. The highest BCUT2D eigenvalue weighted by molar-refractivity contribution is 7.13. The van der Waals surface area contributed by atoms with E-state index in [1.807, 2.05) is 23.2 Å². The Balaban J connectivity index is 1.38. The molecule has 0 aliphatic rings. The second kappa shape index (κ2) is 11.2. The van der Waals surface area contributed by atoms with Crippen LogP contribution in [0.15, 0.2) is 157 Å². The van der Waals surface area contributed by atoms with Crippen LogP contribution in [0.5, 0.6) is 0 Å². The van der Waals surface area contributed by atoms with Crippen LogP contribution in [0.25, 0.3) is 86.8 Å². The molecule has 0 saturated carbocycles. The Morgan fingerprint density at radius 2 is 0.891 bits per heavy atom. The second-order valence-electron chi connectivity index (χ2n) is 11.4. The van der Waals surface area contributed by atoms with Crippen molar-refractivity contribution < 1.29 is 0 Å². The van der Waals surface area contributed by atoms with Gasteiger partial charge in [0.2, 0.25) is 0 Å². The molecule has 2 heterocycles. The molecule has 0 atom stereocenters. The lowest BCUT2D eigenvalue weighted by Crippen LogP contribution is -1.92. The number of rotatable bonds is 5. The lowest BCUT2D eigenvalue weighted by Gasteiger charge is -2.19. The van der Waals surface area contributed by atoms with Crippen LogP contribution in [0, 0.1) is 0 Å². The third kappa shape index (κ3) is 4.54. The van der Waals surface area contributed by atoms with Crippen molar-refractivity contribution in [3.63, 3.8) is 0 Å². The smallest absolute Gasteiger partial charge is 0.123 e. The van der Waals surface area contributed by atoms with Crippen molar-refractivity contribution in [2.75, 3.05) is 0 Å². The summed E-state index contributed by atoms with van der Waals surface area (Å²) in [6.45, 7) is 0. The van der Waals surface area contributed by atoms with Crippen LogP contribution in [-0.2, 0) is 0 Å². The number of hydrogen-bond donors (Lipinski definition) is 0. The quantitative estimate of drug-likeness (QED) is 0.178. The molecule has 9 aromatic rings. The van der Waals surface area contributed by atoms with E-state index >= 15 is 0 Å². The molecule has 0 spiro atoms. The van der Waals surface area contributed by atoms with Gasteiger partial charge in [-0.15, -0.1) is 22.7 Å². The maximum absolute atomic E-state index is 4.63. The van der Waals surface area contributed by atoms with Gasteiger partial charge in [0, 0.05) is 34.3 Å². The Hall–Kier alpha value is -5.42. The van der Waals surface area contributed by atoms with Gasteiger partial charge in [0.25, 0.3) is 0 Å². The Morgan fingerprint density at radius 3 is 1.52 bits per heavy atom. The molecule has 216 valence electrons. The first kappa shape index (κ1) is 26.9. The lowest BCUT2D eigenvalue weighted by atomic mass is 9.84. The fraction of sp³-hybridized carbons (Fsp3) is 0. The second-order valence-corrected chi connectivity index (χ2v) is 13.2. The Kier molecular flexibility index (Phi) is 6.55. The maximum atomic E-state index is 4.63. The molecular weight excluding hydrogens is 597 g/mol. The van der Waals surface area contributed by atoms with Gasteiger partial charge in [-0.2, -0.15) is 0 Å². The molecule has 7 aromatic carbocycles. The SMILES string of the molecule is c1cc(-c2nccs2)cc(-c2c3ccccc3c(-c3cccc(-c4nccs4)c3)c3cc(-c4cccc5ccccc45)ccc23)c1. The van der Waals surface area contributed by atoms with E-state index in [1.165, 1.54) is 65.7 Å². The van der Waals surface area contributed by atoms with Crippen molar-refractivity contribution in [2.24, 2.45) is 0 Å². The minimum absolute atomic E-state index is 1.03. The molecule has 0 amide bonds. The van der Waals surface area contributed by atoms with Gasteiger partial charge in [0.05, 0.1) is 0 Å². The highest BCUT2D eigenvalue weighted by Gasteiger charge is 2.19. The average molecular weight is 623 g/mol. The van der Waals surface area contributed by atoms with Gasteiger partial charge in [-0.3, -0.25) is 0 Å². The molecule has 0 aliphatic carbocycles. The Bertz CT molecular complexity index is 2520. The summed E-state index contributed by atoms with van der Waals surface area (Å²) in [6.07, 6.45) is 3.75. The standard InChI is InChI=1S/C42H26N2S2/c1-2-14-33-27(8-1)9-7-17-34(33)28-18-19-37-38(26-28)40(30-11-6-13-32(25-30)42-44-21-23-46-42)36-16-4-3-15-35(36)39(37)29-10-5-12-31(24-29)41-43-20-22-45-41/h1-26H. The van der Waals surface area contributed by atoms with E-state index < -0.39 is 0 Å². The zero-order valence-electron chi connectivity index (χ0n) is 24.7. The van der Waals surface area contributed by atoms with Crippen LogP contribution >= 0.6 is 22.7 Å². The molecule has 0 saturated heterocycles. The topological polar surface area (TPSA) is 25.8 Å². The van der Waals surface area contributed by atoms with E-state index in [4.69, 9.17) is 0 Å². The van der Waals surface area contributed by atoms with Crippen molar-refractivity contribution in [3.8, 4) is 54.5 Å². The fourth-order valence-corrected chi connectivity index (χ4v) is 8.06. The zero-order valence-corrected chi connectivity index (χ0v) is 26.4. The number of aromatic nitrogens is 2. The molecule has 46 heavy (non-hydrogen) atoms. The van der Waals surface area contributed by atoms with E-state index in [9.17, 15) is 0 Å². The number of hydrogen-bond acceptors (Lipinski definition) is 4. The van der Waals surface area contributed by atoms with Gasteiger partial charge < -0.3 is 0 Å². The van der Waals surface area contributed by atoms with Crippen LogP contribution in [0.4, 0.5) is 0 Å². The first-order valence-electron chi connectivity index (χ1n) is 15.3. The summed E-state index contributed by atoms with van der Waals surface area (Å²) in [5.74, 6) is 0. The molecule has 0 unspecified atom stereocenters. The molecule has 0 radical (unpaired) electrons. The highest BCUT2D eigenvalue weighted by Crippen LogP contribution is 2.46.